The SMILES string of the molecule is COc1ccc(C(=O)N(C)Cc2c(C)nn(-c3ccccc3)c2C)cc1S(=O)(=O)NC1CC1. The number of aromatic nitrogens is 2. The van der Waals surface area contributed by atoms with Crippen molar-refractivity contribution < 1.29 is 17.9 Å². The van der Waals surface area contributed by atoms with E-state index in [1.807, 2.05) is 48.9 Å². The second kappa shape index (κ2) is 8.99. The number of ether oxygens (including phenoxy) is 1. The number of nitrogens with one attached hydrogen (secondary N) is 1. The first kappa shape index (κ1) is 23.0. The molecule has 0 radical (unpaired) electrons. The van der Waals surface area contributed by atoms with Gasteiger partial charge in [-0.2, -0.15) is 5.10 Å². The van der Waals surface area contributed by atoms with E-state index in [-0.39, 0.29) is 28.2 Å². The number of aryl methyl sites for hydroxylation is 1. The van der Waals surface area contributed by atoms with E-state index < -0.39 is 10.0 Å². The first-order chi connectivity index (χ1) is 15.7. The molecule has 0 unspecified atom stereocenters. The molecule has 1 amide bonds. The Morgan fingerprint density at radius 1 is 1.18 bits per heavy atom. The Hall–Kier alpha value is -3.17. The smallest absolute Gasteiger partial charge is 0.253 e. The Morgan fingerprint density at radius 2 is 1.88 bits per heavy atom. The van der Waals surface area contributed by atoms with Gasteiger partial charge in [-0.15, -0.1) is 0 Å². The number of carbonyl (C=O) groups is 1. The monoisotopic (exact) mass is 468 g/mol. The van der Waals surface area contributed by atoms with Gasteiger partial charge in [0.2, 0.25) is 10.0 Å². The predicted octanol–water partition coefficient (Wildman–Crippen LogP) is 3.21. The summed E-state index contributed by atoms with van der Waals surface area (Å²) in [6, 6.07) is 14.3. The largest absolute Gasteiger partial charge is 0.495 e. The molecular weight excluding hydrogens is 440 g/mol. The zero-order chi connectivity index (χ0) is 23.8. The van der Waals surface area contributed by atoms with Crippen LogP contribution in [-0.2, 0) is 16.6 Å². The number of hydrogen-bond acceptors (Lipinski definition) is 5. The number of para-hydroxylation sites is 1. The highest BCUT2D eigenvalue weighted by Gasteiger charge is 2.30. The molecule has 8 nitrogen and oxygen atoms in total. The first-order valence-corrected chi connectivity index (χ1v) is 12.3. The summed E-state index contributed by atoms with van der Waals surface area (Å²) in [5.74, 6) is -0.0787. The lowest BCUT2D eigenvalue weighted by atomic mass is 10.1. The van der Waals surface area contributed by atoms with Crippen molar-refractivity contribution in [3.05, 3.63) is 71.0 Å². The van der Waals surface area contributed by atoms with Crippen LogP contribution in [0.15, 0.2) is 53.4 Å². The van der Waals surface area contributed by atoms with Gasteiger partial charge in [-0.3, -0.25) is 4.79 Å². The van der Waals surface area contributed by atoms with Crippen LogP contribution < -0.4 is 9.46 Å². The molecule has 1 aliphatic carbocycles. The summed E-state index contributed by atoms with van der Waals surface area (Å²) in [6.07, 6.45) is 1.64. The van der Waals surface area contributed by atoms with Crippen LogP contribution in [0.5, 0.6) is 5.75 Å². The van der Waals surface area contributed by atoms with Crippen molar-refractivity contribution in [1.82, 2.24) is 19.4 Å². The van der Waals surface area contributed by atoms with Crippen LogP contribution in [0.25, 0.3) is 5.69 Å². The quantitative estimate of drug-likeness (QED) is 0.548. The molecule has 174 valence electrons. The third-order valence-corrected chi connectivity index (χ3v) is 7.32. The van der Waals surface area contributed by atoms with Gasteiger partial charge < -0.3 is 9.64 Å². The molecule has 1 N–H and O–H groups in total. The van der Waals surface area contributed by atoms with Crippen molar-refractivity contribution >= 4 is 15.9 Å². The van der Waals surface area contributed by atoms with Gasteiger partial charge in [0, 0.05) is 36.5 Å². The molecule has 0 bridgehead atoms. The second-order valence-corrected chi connectivity index (χ2v) is 10.0. The second-order valence-electron chi connectivity index (χ2n) is 8.32. The van der Waals surface area contributed by atoms with E-state index in [1.54, 1.807) is 18.0 Å². The number of sulfonamides is 1. The molecule has 0 atom stereocenters. The molecule has 1 saturated carbocycles. The summed E-state index contributed by atoms with van der Waals surface area (Å²) >= 11 is 0. The minimum absolute atomic E-state index is 0.0274. The molecule has 1 heterocycles. The fourth-order valence-corrected chi connectivity index (χ4v) is 5.26. The minimum atomic E-state index is -3.78. The van der Waals surface area contributed by atoms with E-state index in [1.165, 1.54) is 19.2 Å². The van der Waals surface area contributed by atoms with Crippen LogP contribution in [0, 0.1) is 13.8 Å². The number of hydrogen-bond donors (Lipinski definition) is 1. The topological polar surface area (TPSA) is 93.5 Å². The van der Waals surface area contributed by atoms with Crippen LogP contribution in [0.2, 0.25) is 0 Å². The molecule has 33 heavy (non-hydrogen) atoms. The van der Waals surface area contributed by atoms with Crippen LogP contribution in [0.3, 0.4) is 0 Å². The van der Waals surface area contributed by atoms with Crippen LogP contribution in [-0.4, -0.2) is 49.2 Å². The van der Waals surface area contributed by atoms with Crippen molar-refractivity contribution in [3.63, 3.8) is 0 Å². The zero-order valence-electron chi connectivity index (χ0n) is 19.2. The molecule has 0 spiro atoms. The normalized spacial score (nSPS) is 13.7. The van der Waals surface area contributed by atoms with Gasteiger partial charge in [0.1, 0.15) is 10.6 Å². The lowest BCUT2D eigenvalue weighted by molar-refractivity contribution is 0.0784. The summed E-state index contributed by atoms with van der Waals surface area (Å²) in [5.41, 5.74) is 3.96. The lowest BCUT2D eigenvalue weighted by Gasteiger charge is -2.19. The van der Waals surface area contributed by atoms with Gasteiger partial charge in [0.05, 0.1) is 18.5 Å². The molecule has 3 aromatic rings. The number of methoxy groups -OCH3 is 1. The Bertz CT molecular complexity index is 1280. The molecule has 1 fully saturated rings. The third-order valence-electron chi connectivity index (χ3n) is 5.78. The van der Waals surface area contributed by atoms with Gasteiger partial charge in [-0.25, -0.2) is 17.8 Å². The summed E-state index contributed by atoms with van der Waals surface area (Å²) in [6.45, 7) is 4.24. The fourth-order valence-electron chi connectivity index (χ4n) is 3.76. The van der Waals surface area contributed by atoms with E-state index in [0.717, 1.165) is 35.5 Å². The summed E-state index contributed by atoms with van der Waals surface area (Å²) < 4.78 is 35.4. The Kier molecular flexibility index (Phi) is 6.27. The van der Waals surface area contributed by atoms with Gasteiger partial charge in [0.15, 0.2) is 0 Å². The number of benzene rings is 2. The average molecular weight is 469 g/mol. The molecule has 2 aromatic carbocycles. The van der Waals surface area contributed by atoms with E-state index in [0.29, 0.717) is 6.54 Å². The van der Waals surface area contributed by atoms with Crippen molar-refractivity contribution in [3.8, 4) is 11.4 Å². The maximum atomic E-state index is 13.2. The van der Waals surface area contributed by atoms with E-state index in [4.69, 9.17) is 4.74 Å². The van der Waals surface area contributed by atoms with Crippen molar-refractivity contribution in [2.45, 2.75) is 44.2 Å². The van der Waals surface area contributed by atoms with Gasteiger partial charge in [0.25, 0.3) is 5.91 Å². The maximum absolute atomic E-state index is 13.2. The number of carbonyl (C=O) groups excluding carboxylic acids is 1. The molecule has 9 heteroatoms. The molecule has 1 aromatic heterocycles. The summed E-state index contributed by atoms with van der Waals surface area (Å²) in [4.78, 5) is 14.7. The van der Waals surface area contributed by atoms with Crippen molar-refractivity contribution in [1.29, 1.82) is 0 Å². The highest BCUT2D eigenvalue weighted by Crippen LogP contribution is 2.29. The van der Waals surface area contributed by atoms with Crippen molar-refractivity contribution in [2.24, 2.45) is 0 Å². The van der Waals surface area contributed by atoms with Gasteiger partial charge in [-0.1, -0.05) is 18.2 Å². The van der Waals surface area contributed by atoms with Crippen LogP contribution in [0.1, 0.15) is 40.2 Å². The average Bonchev–Trinajstić information content (AvgIpc) is 3.58. The van der Waals surface area contributed by atoms with E-state index in [9.17, 15) is 13.2 Å². The summed E-state index contributed by atoms with van der Waals surface area (Å²) in [7, 11) is -0.672. The Morgan fingerprint density at radius 3 is 2.52 bits per heavy atom. The summed E-state index contributed by atoms with van der Waals surface area (Å²) in [5, 5.41) is 4.64. The van der Waals surface area contributed by atoms with Gasteiger partial charge >= 0.3 is 0 Å². The number of nitrogens with zero attached hydrogens (tertiary/aromatic N) is 3. The first-order valence-electron chi connectivity index (χ1n) is 10.8. The number of rotatable bonds is 8. The Balaban J connectivity index is 1.59. The lowest BCUT2D eigenvalue weighted by Crippen LogP contribution is -2.28. The third kappa shape index (κ3) is 4.79. The molecule has 0 aliphatic heterocycles. The predicted molar refractivity (Wildman–Crippen MR) is 125 cm³/mol. The van der Waals surface area contributed by atoms with E-state index >= 15 is 0 Å². The highest BCUT2D eigenvalue weighted by atomic mass is 32.2. The standard InChI is InChI=1S/C24H28N4O4S/c1-16-21(17(2)28(25-16)20-8-6-5-7-9-20)15-27(3)24(29)18-10-13-22(32-4)23(14-18)33(30,31)26-19-11-12-19/h5-10,13-14,19,26H,11-12,15H2,1-4H3. The highest BCUT2D eigenvalue weighted by molar-refractivity contribution is 7.89. The number of amides is 1. The minimum Gasteiger partial charge on any atom is -0.495 e. The Labute approximate surface area is 194 Å². The maximum Gasteiger partial charge on any atom is 0.253 e. The van der Waals surface area contributed by atoms with Gasteiger partial charge in [-0.05, 0) is 57.0 Å². The van der Waals surface area contributed by atoms with Crippen LogP contribution >= 0.6 is 0 Å². The van der Waals surface area contributed by atoms with Crippen LogP contribution in [0.4, 0.5) is 0 Å². The fraction of sp³-hybridized carbons (Fsp3) is 0.333. The van der Waals surface area contributed by atoms with E-state index in [2.05, 4.69) is 9.82 Å². The molecular formula is C24H28N4O4S. The van der Waals surface area contributed by atoms with Crippen molar-refractivity contribution in [2.75, 3.05) is 14.2 Å². The molecule has 0 saturated heterocycles. The molecule has 1 aliphatic rings. The molecule has 4 rings (SSSR count). The zero-order valence-corrected chi connectivity index (χ0v) is 20.0.